The van der Waals surface area contributed by atoms with E-state index in [2.05, 4.69) is 69.2 Å². The summed E-state index contributed by atoms with van der Waals surface area (Å²) >= 11 is 0. The highest BCUT2D eigenvalue weighted by Crippen LogP contribution is 2.50. The third kappa shape index (κ3) is 6.38. The van der Waals surface area contributed by atoms with Crippen LogP contribution in [0, 0.1) is 39.9 Å². The molecule has 0 heteroatoms. The maximum absolute atomic E-state index is 2.46. The molecule has 0 N–H and O–H groups in total. The summed E-state index contributed by atoms with van der Waals surface area (Å²) < 4.78 is 0. The van der Waals surface area contributed by atoms with Crippen molar-refractivity contribution in [3.05, 3.63) is 0 Å². The topological polar surface area (TPSA) is 0 Å². The van der Waals surface area contributed by atoms with Crippen LogP contribution in [-0.2, 0) is 0 Å². The zero-order valence-electron chi connectivity index (χ0n) is 18.8. The Bertz CT molecular complexity index is 377. The molecule has 0 spiro atoms. The number of hydrogen-bond acceptors (Lipinski definition) is 0. The first kappa shape index (κ1) is 22.0. The normalized spacial score (nSPS) is 41.2. The lowest BCUT2D eigenvalue weighted by molar-refractivity contribution is 0.0581. The Hall–Kier alpha value is 0. The van der Waals surface area contributed by atoms with Gasteiger partial charge >= 0.3 is 0 Å². The molecule has 0 amide bonds. The standard InChI is InChI=1S/2C12H24/c1-6-12(5)8-10(2)7-11(3,4)9-12;1-6-11-8-12(4,5)7-9(2)10(11)3/h10H,6-9H2,1-5H3;9-11H,6-8H2,1-5H3. The van der Waals surface area contributed by atoms with Crippen molar-refractivity contribution in [1.82, 2.24) is 0 Å². The van der Waals surface area contributed by atoms with Crippen LogP contribution in [0.15, 0.2) is 0 Å². The molecule has 0 radical (unpaired) electrons. The zero-order valence-corrected chi connectivity index (χ0v) is 18.8. The molecule has 2 fully saturated rings. The van der Waals surface area contributed by atoms with Crippen LogP contribution in [0.4, 0.5) is 0 Å². The van der Waals surface area contributed by atoms with Crippen LogP contribution >= 0.6 is 0 Å². The summed E-state index contributed by atoms with van der Waals surface area (Å²) in [7, 11) is 0. The van der Waals surface area contributed by atoms with E-state index in [0.717, 1.165) is 23.7 Å². The highest BCUT2D eigenvalue weighted by molar-refractivity contribution is 4.89. The highest BCUT2D eigenvalue weighted by Gasteiger charge is 2.38. The minimum atomic E-state index is 0.586. The van der Waals surface area contributed by atoms with E-state index in [1.807, 2.05) is 0 Å². The van der Waals surface area contributed by atoms with E-state index in [1.165, 1.54) is 44.9 Å². The second kappa shape index (κ2) is 8.13. The van der Waals surface area contributed by atoms with Gasteiger partial charge in [0.1, 0.15) is 0 Å². The molecule has 2 aliphatic rings. The molecule has 144 valence electrons. The zero-order chi connectivity index (χ0) is 18.8. The van der Waals surface area contributed by atoms with Crippen molar-refractivity contribution in [2.45, 2.75) is 114 Å². The van der Waals surface area contributed by atoms with Crippen LogP contribution in [0.25, 0.3) is 0 Å². The minimum Gasteiger partial charge on any atom is -0.0651 e. The fourth-order valence-electron chi connectivity index (χ4n) is 6.44. The smallest absolute Gasteiger partial charge is 0.0321 e. The Morgan fingerprint density at radius 2 is 1.33 bits per heavy atom. The number of hydrogen-bond donors (Lipinski definition) is 0. The van der Waals surface area contributed by atoms with E-state index in [-0.39, 0.29) is 0 Å². The Labute approximate surface area is 154 Å². The van der Waals surface area contributed by atoms with E-state index in [4.69, 9.17) is 0 Å². The average molecular weight is 337 g/mol. The van der Waals surface area contributed by atoms with Gasteiger partial charge in [-0.2, -0.15) is 0 Å². The van der Waals surface area contributed by atoms with Crippen molar-refractivity contribution >= 4 is 0 Å². The summed E-state index contributed by atoms with van der Waals surface area (Å²) in [5, 5.41) is 0. The summed E-state index contributed by atoms with van der Waals surface area (Å²) in [6.45, 7) is 24.1. The van der Waals surface area contributed by atoms with Gasteiger partial charge < -0.3 is 0 Å². The second-order valence-corrected chi connectivity index (χ2v) is 11.6. The van der Waals surface area contributed by atoms with Crippen LogP contribution in [-0.4, -0.2) is 0 Å². The molecule has 2 rings (SSSR count). The van der Waals surface area contributed by atoms with Crippen molar-refractivity contribution in [3.63, 3.8) is 0 Å². The summed E-state index contributed by atoms with van der Waals surface area (Å²) in [6, 6.07) is 0. The molecule has 0 bridgehead atoms. The van der Waals surface area contributed by atoms with Gasteiger partial charge in [-0.25, -0.2) is 0 Å². The maximum Gasteiger partial charge on any atom is -0.0321 e. The molecule has 0 nitrogen and oxygen atoms in total. The lowest BCUT2D eigenvalue weighted by Crippen LogP contribution is -2.34. The Balaban J connectivity index is 0.000000240. The van der Waals surface area contributed by atoms with Crippen molar-refractivity contribution < 1.29 is 0 Å². The molecule has 0 aromatic heterocycles. The minimum absolute atomic E-state index is 0.586. The molecule has 24 heavy (non-hydrogen) atoms. The Morgan fingerprint density at radius 3 is 1.79 bits per heavy atom. The molecule has 0 saturated heterocycles. The predicted octanol–water partition coefficient (Wildman–Crippen LogP) is 8.35. The van der Waals surface area contributed by atoms with Gasteiger partial charge in [-0.15, -0.1) is 0 Å². The third-order valence-electron chi connectivity index (χ3n) is 7.36. The third-order valence-corrected chi connectivity index (χ3v) is 7.36. The second-order valence-electron chi connectivity index (χ2n) is 11.6. The quantitative estimate of drug-likeness (QED) is 0.475. The first-order valence-electron chi connectivity index (χ1n) is 10.8. The summed E-state index contributed by atoms with van der Waals surface area (Å²) in [5.74, 6) is 3.78. The Kier molecular flexibility index (Phi) is 7.47. The fraction of sp³-hybridized carbons (Fsp3) is 1.00. The van der Waals surface area contributed by atoms with Crippen LogP contribution in [0.5, 0.6) is 0 Å². The van der Waals surface area contributed by atoms with Crippen molar-refractivity contribution in [2.24, 2.45) is 39.9 Å². The first-order chi connectivity index (χ1) is 10.8. The highest BCUT2D eigenvalue weighted by atomic mass is 14.4. The van der Waals surface area contributed by atoms with Gasteiger partial charge in [-0.3, -0.25) is 0 Å². The molecule has 2 aliphatic carbocycles. The van der Waals surface area contributed by atoms with E-state index < -0.39 is 0 Å². The van der Waals surface area contributed by atoms with Crippen molar-refractivity contribution in [3.8, 4) is 0 Å². The maximum atomic E-state index is 2.46. The van der Waals surface area contributed by atoms with Crippen molar-refractivity contribution in [1.29, 1.82) is 0 Å². The van der Waals surface area contributed by atoms with E-state index >= 15 is 0 Å². The molecule has 0 aromatic rings. The van der Waals surface area contributed by atoms with Gasteiger partial charge in [0.25, 0.3) is 0 Å². The summed E-state index contributed by atoms with van der Waals surface area (Å²) in [5.41, 5.74) is 1.82. The molecular weight excluding hydrogens is 288 g/mol. The van der Waals surface area contributed by atoms with Gasteiger partial charge in [-0.05, 0) is 72.0 Å². The molecule has 5 unspecified atom stereocenters. The average Bonchev–Trinajstić information content (AvgIpc) is 2.40. The molecule has 5 atom stereocenters. The monoisotopic (exact) mass is 336 g/mol. The lowest BCUT2D eigenvalue weighted by atomic mass is 9.60. The van der Waals surface area contributed by atoms with Crippen LogP contribution in [0.1, 0.15) is 114 Å². The molecule has 2 saturated carbocycles. The first-order valence-corrected chi connectivity index (χ1v) is 10.8. The molecular formula is C24H48. The summed E-state index contributed by atoms with van der Waals surface area (Å²) in [4.78, 5) is 0. The van der Waals surface area contributed by atoms with Gasteiger partial charge in [-0.1, -0.05) is 82.1 Å². The van der Waals surface area contributed by atoms with Gasteiger partial charge in [0.15, 0.2) is 0 Å². The molecule has 0 aromatic carbocycles. The van der Waals surface area contributed by atoms with Crippen LogP contribution < -0.4 is 0 Å². The van der Waals surface area contributed by atoms with Crippen molar-refractivity contribution in [2.75, 3.05) is 0 Å². The predicted molar refractivity (Wildman–Crippen MR) is 110 cm³/mol. The van der Waals surface area contributed by atoms with Gasteiger partial charge in [0, 0.05) is 0 Å². The van der Waals surface area contributed by atoms with E-state index in [0.29, 0.717) is 16.2 Å². The van der Waals surface area contributed by atoms with E-state index in [9.17, 15) is 0 Å². The fourth-order valence-corrected chi connectivity index (χ4v) is 6.44. The molecule has 0 aliphatic heterocycles. The Morgan fingerprint density at radius 1 is 0.750 bits per heavy atom. The van der Waals surface area contributed by atoms with Crippen LogP contribution in [0.2, 0.25) is 0 Å². The SMILES string of the molecule is CCC1(C)CC(C)CC(C)(C)C1.CCC1CC(C)(C)CC(C)C1C. The summed E-state index contributed by atoms with van der Waals surface area (Å²) in [6.07, 6.45) is 9.85. The van der Waals surface area contributed by atoms with E-state index in [1.54, 1.807) is 0 Å². The largest absolute Gasteiger partial charge is 0.0651 e. The molecule has 0 heterocycles. The number of rotatable bonds is 2. The van der Waals surface area contributed by atoms with Gasteiger partial charge in [0.05, 0.1) is 0 Å². The van der Waals surface area contributed by atoms with Gasteiger partial charge in [0.2, 0.25) is 0 Å². The lowest BCUT2D eigenvalue weighted by Gasteiger charge is -2.45. The van der Waals surface area contributed by atoms with Crippen LogP contribution in [0.3, 0.4) is 0 Å².